The summed E-state index contributed by atoms with van der Waals surface area (Å²) in [4.78, 5) is 60.8. The molecule has 0 aliphatic carbocycles. The molecular weight excluding hydrogens is 1060 g/mol. The van der Waals surface area contributed by atoms with E-state index < -0.39 is 5.82 Å². The SMILES string of the molecule is C1CNC1.COC(=O)c1ccc2ncc(I)cc2c1.COC(=O)c1ccc2ncc(N3CCC3)cc2c1.O=C(NCc1cc2c(Cl)c[nH]c2cc1F)c1ccnc(Cc2ccc3ncc(N4CCC4)cc3c2)c1. The van der Waals surface area contributed by atoms with Gasteiger partial charge in [-0.05, 0) is 152 Å². The highest BCUT2D eigenvalue weighted by molar-refractivity contribution is 14.1. The lowest BCUT2D eigenvalue weighted by molar-refractivity contribution is 0.0592. The first kappa shape index (κ1) is 50.7. The molecule has 14 nitrogen and oxygen atoms in total. The van der Waals surface area contributed by atoms with E-state index in [2.05, 4.69) is 90.9 Å². The monoisotopic (exact) mass is 1110 g/mol. The number of hydrogen-bond donors (Lipinski definition) is 3. The normalized spacial score (nSPS) is 13.5. The third kappa shape index (κ3) is 12.5. The van der Waals surface area contributed by atoms with E-state index in [1.807, 2.05) is 48.8 Å². The van der Waals surface area contributed by atoms with Crippen LogP contribution >= 0.6 is 34.2 Å². The van der Waals surface area contributed by atoms with E-state index in [-0.39, 0.29) is 24.4 Å². The van der Waals surface area contributed by atoms with Crippen LogP contribution in [0.1, 0.15) is 67.2 Å². The van der Waals surface area contributed by atoms with Crippen molar-refractivity contribution in [1.29, 1.82) is 0 Å². The van der Waals surface area contributed by atoms with E-state index in [0.717, 1.165) is 90.5 Å². The molecule has 9 aromatic rings. The number of hydrogen-bond acceptors (Lipinski definition) is 12. The zero-order chi connectivity index (χ0) is 50.8. The summed E-state index contributed by atoms with van der Waals surface area (Å²) < 4.78 is 24.9. The summed E-state index contributed by atoms with van der Waals surface area (Å²) >= 11 is 8.34. The quantitative estimate of drug-likeness (QED) is 0.0926. The Hall–Kier alpha value is -7.28. The van der Waals surface area contributed by atoms with Crippen molar-refractivity contribution >= 4 is 107 Å². The maximum Gasteiger partial charge on any atom is 0.337 e. The maximum absolute atomic E-state index is 14.5. The first-order valence-corrected chi connectivity index (χ1v) is 25.4. The minimum atomic E-state index is -0.403. The van der Waals surface area contributed by atoms with Crippen LogP contribution in [0.15, 0.2) is 128 Å². The van der Waals surface area contributed by atoms with Crippen LogP contribution in [0.4, 0.5) is 15.8 Å². The van der Waals surface area contributed by atoms with Crippen LogP contribution in [0, 0.1) is 9.39 Å². The summed E-state index contributed by atoms with van der Waals surface area (Å²) in [6.45, 7) is 6.88. The van der Waals surface area contributed by atoms with Gasteiger partial charge in [0.1, 0.15) is 5.82 Å². The number of amides is 1. The molecule has 3 N–H and O–H groups in total. The lowest BCUT2D eigenvalue weighted by Gasteiger charge is -2.32. The van der Waals surface area contributed by atoms with Crippen molar-refractivity contribution in [3.63, 3.8) is 0 Å². The summed E-state index contributed by atoms with van der Waals surface area (Å²) in [5.41, 5.74) is 9.44. The Labute approximate surface area is 439 Å². The Balaban J connectivity index is 0.000000146. The van der Waals surface area contributed by atoms with Crippen molar-refractivity contribution in [2.24, 2.45) is 0 Å². The summed E-state index contributed by atoms with van der Waals surface area (Å²) in [6.07, 6.45) is 13.3. The molecule has 12 rings (SSSR count). The number of fused-ring (bicyclic) bond motifs is 4. The van der Waals surface area contributed by atoms with Gasteiger partial charge in [-0.15, -0.1) is 0 Å². The van der Waals surface area contributed by atoms with Crippen molar-refractivity contribution in [3.05, 3.63) is 176 Å². The van der Waals surface area contributed by atoms with E-state index in [9.17, 15) is 18.8 Å². The van der Waals surface area contributed by atoms with Crippen LogP contribution in [0.2, 0.25) is 5.02 Å². The number of benzene rings is 4. The highest BCUT2D eigenvalue weighted by Gasteiger charge is 2.18. The largest absolute Gasteiger partial charge is 0.465 e. The second-order valence-electron chi connectivity index (χ2n) is 17.7. The van der Waals surface area contributed by atoms with Gasteiger partial charge in [0, 0.05) is 105 Å². The summed E-state index contributed by atoms with van der Waals surface area (Å²) in [5.74, 6) is -1.33. The van der Waals surface area contributed by atoms with Crippen molar-refractivity contribution in [3.8, 4) is 0 Å². The predicted octanol–water partition coefficient (Wildman–Crippen LogP) is 10.5. The highest BCUT2D eigenvalue weighted by atomic mass is 127. The number of methoxy groups -OCH3 is 2. The molecule has 4 aromatic carbocycles. The van der Waals surface area contributed by atoms with E-state index in [1.165, 1.54) is 52.6 Å². The first-order valence-electron chi connectivity index (χ1n) is 23.9. The van der Waals surface area contributed by atoms with Gasteiger partial charge in [-0.25, -0.2) is 14.0 Å². The van der Waals surface area contributed by atoms with Gasteiger partial charge >= 0.3 is 11.9 Å². The number of nitrogens with zero attached hydrogens (tertiary/aromatic N) is 6. The number of esters is 2. The van der Waals surface area contributed by atoms with E-state index in [0.29, 0.717) is 39.2 Å². The standard InChI is InChI=1S/C28H23ClFN5O.C14H14N2O2.C11H8INO2.C3H7N/c29-24-16-33-27-13-25(30)20(12-23(24)27)14-34-28(36)18-4-5-31-21(10-18)9-17-2-3-26-19(8-17)11-22(15-32-26)35-6-1-7-35;1-18-14(17)10-3-4-13-11(7-10)8-12(9-15-13)16-5-2-6-16;1-15-11(14)7-2-3-10-8(4-7)5-9(12)6-13-10;1-2-4-3-1/h2-5,8,10-13,15-16,33H,1,6-7,9,14H2,(H,34,36);3-4,7-9H,2,5-6H2,1H3;2-6H,1H3;4H,1-3H2. The molecule has 1 amide bonds. The number of pyridine rings is 4. The van der Waals surface area contributed by atoms with Crippen molar-refractivity contribution in [2.45, 2.75) is 32.2 Å². The second kappa shape index (κ2) is 23.5. The lowest BCUT2D eigenvalue weighted by Crippen LogP contribution is -2.36. The fraction of sp³-hybridized carbons (Fsp3) is 0.232. The van der Waals surface area contributed by atoms with Gasteiger partial charge in [0.15, 0.2) is 0 Å². The van der Waals surface area contributed by atoms with Crippen LogP contribution in [-0.2, 0) is 22.4 Å². The molecule has 8 heterocycles. The number of rotatable bonds is 9. The first-order chi connectivity index (χ1) is 35.5. The van der Waals surface area contributed by atoms with Crippen LogP contribution in [0.3, 0.4) is 0 Å². The Morgan fingerprint density at radius 1 is 0.685 bits per heavy atom. The number of carbonyl (C=O) groups excluding carboxylic acids is 3. The van der Waals surface area contributed by atoms with Gasteiger partial charge in [0.2, 0.25) is 0 Å². The van der Waals surface area contributed by atoms with Gasteiger partial charge < -0.3 is 34.9 Å². The van der Waals surface area contributed by atoms with Gasteiger partial charge in [-0.1, -0.05) is 17.7 Å². The zero-order valence-corrected chi connectivity index (χ0v) is 43.2. The zero-order valence-electron chi connectivity index (χ0n) is 40.3. The molecule has 3 fully saturated rings. The fourth-order valence-electron chi connectivity index (χ4n) is 8.16. The molecule has 372 valence electrons. The number of carbonyl (C=O) groups is 3. The van der Waals surface area contributed by atoms with Crippen LogP contribution < -0.4 is 20.4 Å². The molecule has 5 aromatic heterocycles. The average Bonchev–Trinajstić information content (AvgIpc) is 3.71. The third-order valence-corrected chi connectivity index (χ3v) is 13.6. The summed E-state index contributed by atoms with van der Waals surface area (Å²) in [7, 11) is 2.76. The number of nitrogens with one attached hydrogen (secondary N) is 3. The van der Waals surface area contributed by atoms with Crippen LogP contribution in [0.25, 0.3) is 43.6 Å². The predicted molar refractivity (Wildman–Crippen MR) is 293 cm³/mol. The number of anilines is 2. The topological polar surface area (TPSA) is 168 Å². The van der Waals surface area contributed by atoms with E-state index in [4.69, 9.17) is 16.3 Å². The molecule has 0 spiro atoms. The second-order valence-corrected chi connectivity index (χ2v) is 19.3. The van der Waals surface area contributed by atoms with Crippen LogP contribution in [-0.4, -0.2) is 96.3 Å². The lowest BCUT2D eigenvalue weighted by atomic mass is 10.0. The molecule has 3 saturated heterocycles. The van der Waals surface area contributed by atoms with Gasteiger partial charge in [0.25, 0.3) is 5.91 Å². The molecule has 73 heavy (non-hydrogen) atoms. The molecule has 17 heteroatoms. The average molecular weight is 1110 g/mol. The molecule has 0 unspecified atom stereocenters. The Bertz CT molecular complexity index is 3470. The minimum absolute atomic E-state index is 0.0524. The van der Waals surface area contributed by atoms with Crippen LogP contribution in [0.5, 0.6) is 0 Å². The van der Waals surface area contributed by atoms with E-state index in [1.54, 1.807) is 55.0 Å². The summed E-state index contributed by atoms with van der Waals surface area (Å²) in [5, 5.41) is 10.2. The van der Waals surface area contributed by atoms with E-state index >= 15 is 0 Å². The van der Waals surface area contributed by atoms with Gasteiger partial charge in [-0.3, -0.25) is 24.7 Å². The van der Waals surface area contributed by atoms with Crippen molar-refractivity contribution < 1.29 is 28.2 Å². The maximum atomic E-state index is 14.5. The number of halogens is 3. The van der Waals surface area contributed by atoms with Gasteiger partial charge in [0.05, 0.1) is 70.7 Å². The Kier molecular flexibility index (Phi) is 16.3. The number of ether oxygens (including phenoxy) is 2. The summed E-state index contributed by atoms with van der Waals surface area (Å²) in [6, 6.07) is 29.6. The number of aromatic nitrogens is 5. The van der Waals surface area contributed by atoms with Gasteiger partial charge in [-0.2, -0.15) is 0 Å². The Morgan fingerprint density at radius 2 is 1.25 bits per heavy atom. The number of aromatic amines is 1. The molecule has 0 saturated carbocycles. The Morgan fingerprint density at radius 3 is 1.81 bits per heavy atom. The molecule has 0 radical (unpaired) electrons. The van der Waals surface area contributed by atoms with Crippen molar-refractivity contribution in [1.82, 2.24) is 35.6 Å². The fourth-order valence-corrected chi connectivity index (χ4v) is 8.84. The molecule has 0 bridgehead atoms. The smallest absolute Gasteiger partial charge is 0.337 e. The molecular formula is C56H52ClFIN9O5. The molecule has 0 atom stereocenters. The minimum Gasteiger partial charge on any atom is -0.465 e. The third-order valence-electron chi connectivity index (χ3n) is 12.7. The highest BCUT2D eigenvalue weighted by Crippen LogP contribution is 2.28. The molecule has 3 aliphatic rings. The number of H-pyrrole nitrogens is 1. The van der Waals surface area contributed by atoms with Crippen molar-refractivity contribution in [2.75, 3.05) is 63.3 Å². The molecule has 3 aliphatic heterocycles.